The Kier molecular flexibility index (Phi) is 6.07. The number of hydrogen-bond acceptors (Lipinski definition) is 8. The molecule has 24 heavy (non-hydrogen) atoms. The van der Waals surface area contributed by atoms with Crippen LogP contribution in [0.25, 0.3) is 21.6 Å². The molecule has 12 nitrogen and oxygen atoms in total. The summed E-state index contributed by atoms with van der Waals surface area (Å²) in [6, 6.07) is 0. The van der Waals surface area contributed by atoms with Crippen LogP contribution in [0.15, 0.2) is 17.8 Å². The van der Waals surface area contributed by atoms with Gasteiger partial charge in [-0.1, -0.05) is 5.11 Å². The van der Waals surface area contributed by atoms with E-state index in [0.717, 1.165) is 0 Å². The van der Waals surface area contributed by atoms with Gasteiger partial charge in [-0.15, -0.1) is 0 Å². The molecule has 0 fully saturated rings. The van der Waals surface area contributed by atoms with Crippen LogP contribution in [-0.2, 0) is 20.4 Å². The molecule has 2 aromatic rings. The van der Waals surface area contributed by atoms with Gasteiger partial charge in [-0.2, -0.15) is 0 Å². The van der Waals surface area contributed by atoms with E-state index in [9.17, 15) is 9.46 Å². The van der Waals surface area contributed by atoms with E-state index >= 15 is 0 Å². The van der Waals surface area contributed by atoms with Gasteiger partial charge in [-0.3, -0.25) is 4.57 Å². The molecule has 3 N–H and O–H groups in total. The highest BCUT2D eigenvalue weighted by Crippen LogP contribution is 2.41. The number of rotatable bonds is 9. The number of ether oxygens (including phenoxy) is 1. The zero-order chi connectivity index (χ0) is 17.6. The van der Waals surface area contributed by atoms with Crippen LogP contribution in [0.3, 0.4) is 0 Å². The van der Waals surface area contributed by atoms with Crippen molar-refractivity contribution in [2.24, 2.45) is 5.11 Å². The summed E-state index contributed by atoms with van der Waals surface area (Å²) in [6.07, 6.45) is 1.60. The summed E-state index contributed by atoms with van der Waals surface area (Å²) in [5.41, 5.74) is 15.1. The SMILES string of the molecule is CCOP(=O)(O)COC(CN=[N+]=[N-])Cn1cnc2c(N)ncnc21. The lowest BCUT2D eigenvalue weighted by Gasteiger charge is -2.18. The number of imidazole rings is 1. The highest BCUT2D eigenvalue weighted by atomic mass is 31.2. The van der Waals surface area contributed by atoms with E-state index in [2.05, 4.69) is 25.0 Å². The van der Waals surface area contributed by atoms with E-state index in [1.807, 2.05) is 0 Å². The molecule has 2 heterocycles. The lowest BCUT2D eigenvalue weighted by molar-refractivity contribution is 0.0654. The first-order valence-corrected chi connectivity index (χ1v) is 8.73. The Labute approximate surface area is 136 Å². The molecule has 0 saturated heterocycles. The molecule has 130 valence electrons. The number of nitrogens with two attached hydrogens (primary N) is 1. The molecule has 0 aliphatic rings. The van der Waals surface area contributed by atoms with E-state index in [-0.39, 0.29) is 25.5 Å². The van der Waals surface area contributed by atoms with Gasteiger partial charge in [0.2, 0.25) is 0 Å². The van der Waals surface area contributed by atoms with Gasteiger partial charge in [-0.05, 0) is 12.5 Å². The molecule has 0 bridgehead atoms. The smallest absolute Gasteiger partial charge is 0.353 e. The number of aromatic nitrogens is 4. The van der Waals surface area contributed by atoms with E-state index < -0.39 is 20.0 Å². The minimum absolute atomic E-state index is 0.0388. The summed E-state index contributed by atoms with van der Waals surface area (Å²) in [6.45, 7) is 1.84. The zero-order valence-electron chi connectivity index (χ0n) is 12.9. The number of fused-ring (bicyclic) bond motifs is 1. The fourth-order valence-corrected chi connectivity index (χ4v) is 2.86. The minimum Gasteiger partial charge on any atom is -0.382 e. The number of azide groups is 1. The highest BCUT2D eigenvalue weighted by molar-refractivity contribution is 7.52. The third-order valence-electron chi connectivity index (χ3n) is 2.98. The molecular formula is C11H17N8O4P. The van der Waals surface area contributed by atoms with Crippen LogP contribution in [0.5, 0.6) is 0 Å². The molecule has 2 atom stereocenters. The first-order valence-electron chi connectivity index (χ1n) is 6.97. The fourth-order valence-electron chi connectivity index (χ4n) is 1.98. The number of nitrogen functional groups attached to an aromatic ring is 1. The Morgan fingerprint density at radius 2 is 2.33 bits per heavy atom. The minimum atomic E-state index is -3.85. The van der Waals surface area contributed by atoms with Crippen LogP contribution in [-0.4, -0.2) is 50.0 Å². The van der Waals surface area contributed by atoms with Crippen LogP contribution >= 0.6 is 7.60 Å². The standard InChI is InChI=1S/C11H17N8O4P/c1-2-23-24(20,21)7-22-8(3-17-18-13)4-19-6-16-9-10(12)14-5-15-11(9)19/h5-6,8H,2-4,7H2,1H3,(H,20,21)(H2,12,14,15). The number of nitrogens with zero attached hydrogens (tertiary/aromatic N) is 7. The fraction of sp³-hybridized carbons (Fsp3) is 0.545. The van der Waals surface area contributed by atoms with Crippen LogP contribution in [0.2, 0.25) is 0 Å². The van der Waals surface area contributed by atoms with Gasteiger partial charge in [0.25, 0.3) is 0 Å². The predicted octanol–water partition coefficient (Wildman–Crippen LogP) is 1.28. The first-order chi connectivity index (χ1) is 11.5. The third-order valence-corrected chi connectivity index (χ3v) is 4.12. The summed E-state index contributed by atoms with van der Waals surface area (Å²) in [7, 11) is -3.85. The third kappa shape index (κ3) is 4.63. The van der Waals surface area contributed by atoms with Gasteiger partial charge >= 0.3 is 7.60 Å². The second-order valence-corrected chi connectivity index (χ2v) is 6.51. The molecule has 2 unspecified atom stereocenters. The Bertz CT molecular complexity index is 789. The summed E-state index contributed by atoms with van der Waals surface area (Å²) in [5, 5.41) is 3.45. The first kappa shape index (κ1) is 18.1. The van der Waals surface area contributed by atoms with E-state index in [0.29, 0.717) is 11.2 Å². The van der Waals surface area contributed by atoms with Gasteiger partial charge in [0.15, 0.2) is 11.5 Å². The molecule has 0 amide bonds. The van der Waals surface area contributed by atoms with Crippen molar-refractivity contribution in [3.05, 3.63) is 23.1 Å². The quantitative estimate of drug-likeness (QED) is 0.292. The summed E-state index contributed by atoms with van der Waals surface area (Å²) >= 11 is 0. The average Bonchev–Trinajstić information content (AvgIpc) is 2.94. The maximum absolute atomic E-state index is 11.7. The van der Waals surface area contributed by atoms with Crippen LogP contribution < -0.4 is 5.73 Å². The number of anilines is 1. The maximum Gasteiger partial charge on any atom is 0.353 e. The second-order valence-electron chi connectivity index (χ2n) is 4.71. The topological polar surface area (TPSA) is 174 Å². The van der Waals surface area contributed by atoms with Crippen molar-refractivity contribution in [1.29, 1.82) is 0 Å². The second kappa shape index (κ2) is 8.04. The molecule has 0 saturated carbocycles. The van der Waals surface area contributed by atoms with Crippen molar-refractivity contribution in [3.63, 3.8) is 0 Å². The summed E-state index contributed by atoms with van der Waals surface area (Å²) in [4.78, 5) is 24.3. The molecule has 0 aliphatic heterocycles. The van der Waals surface area contributed by atoms with Gasteiger partial charge < -0.3 is 24.5 Å². The van der Waals surface area contributed by atoms with E-state index in [1.165, 1.54) is 12.7 Å². The van der Waals surface area contributed by atoms with Crippen molar-refractivity contribution < 1.29 is 18.7 Å². The monoisotopic (exact) mass is 356 g/mol. The molecule has 0 aliphatic carbocycles. The number of hydrogen-bond donors (Lipinski definition) is 2. The molecule has 2 rings (SSSR count). The maximum atomic E-state index is 11.7. The van der Waals surface area contributed by atoms with Gasteiger partial charge in [0.05, 0.1) is 32.1 Å². The Morgan fingerprint density at radius 3 is 3.04 bits per heavy atom. The van der Waals surface area contributed by atoms with Crippen LogP contribution in [0.4, 0.5) is 5.82 Å². The van der Waals surface area contributed by atoms with Crippen molar-refractivity contribution in [2.75, 3.05) is 25.2 Å². The van der Waals surface area contributed by atoms with Crippen molar-refractivity contribution in [1.82, 2.24) is 19.5 Å². The van der Waals surface area contributed by atoms with Gasteiger partial charge in [0.1, 0.15) is 18.2 Å². The van der Waals surface area contributed by atoms with Crippen molar-refractivity contribution in [3.8, 4) is 0 Å². The van der Waals surface area contributed by atoms with Crippen molar-refractivity contribution in [2.45, 2.75) is 19.6 Å². The van der Waals surface area contributed by atoms with Crippen molar-refractivity contribution >= 4 is 24.6 Å². The Balaban J connectivity index is 2.14. The summed E-state index contributed by atoms with van der Waals surface area (Å²) < 4.78 is 23.5. The summed E-state index contributed by atoms with van der Waals surface area (Å²) in [5.74, 6) is 0.238. The largest absolute Gasteiger partial charge is 0.382 e. The van der Waals surface area contributed by atoms with Gasteiger partial charge in [0, 0.05) is 4.91 Å². The van der Waals surface area contributed by atoms with E-state index in [4.69, 9.17) is 20.5 Å². The molecule has 0 aromatic carbocycles. The molecule has 13 heteroatoms. The van der Waals surface area contributed by atoms with Crippen LogP contribution in [0.1, 0.15) is 6.92 Å². The molecular weight excluding hydrogens is 339 g/mol. The zero-order valence-corrected chi connectivity index (χ0v) is 13.8. The van der Waals surface area contributed by atoms with E-state index in [1.54, 1.807) is 11.5 Å². The lowest BCUT2D eigenvalue weighted by atomic mass is 10.3. The normalized spacial score (nSPS) is 14.9. The molecule has 0 radical (unpaired) electrons. The predicted molar refractivity (Wildman–Crippen MR) is 84.9 cm³/mol. The highest BCUT2D eigenvalue weighted by Gasteiger charge is 2.22. The molecule has 2 aromatic heterocycles. The van der Waals surface area contributed by atoms with Gasteiger partial charge in [-0.25, -0.2) is 15.0 Å². The Hall–Kier alpha value is -2.23. The lowest BCUT2D eigenvalue weighted by Crippen LogP contribution is -2.24. The van der Waals surface area contributed by atoms with Crippen LogP contribution in [0, 0.1) is 0 Å². The average molecular weight is 356 g/mol. The molecule has 0 spiro atoms. The Morgan fingerprint density at radius 1 is 1.54 bits per heavy atom.